The van der Waals surface area contributed by atoms with Crippen LogP contribution in [0.4, 0.5) is 24.7 Å². The number of pyridine rings is 1. The molecule has 7 nitrogen and oxygen atoms in total. The Morgan fingerprint density at radius 3 is 2.44 bits per heavy atom. The number of aryl methyl sites for hydroxylation is 2. The summed E-state index contributed by atoms with van der Waals surface area (Å²) in [5.41, 5.74) is 1.33. The maximum atomic E-state index is 14.9. The van der Waals surface area contributed by atoms with E-state index >= 15 is 0 Å². The van der Waals surface area contributed by atoms with E-state index in [0.29, 0.717) is 48.4 Å². The average molecular weight is 494 g/mol. The molecule has 1 aliphatic rings. The lowest BCUT2D eigenvalue weighted by molar-refractivity contribution is 0.0136. The van der Waals surface area contributed by atoms with Crippen molar-refractivity contribution in [3.63, 3.8) is 0 Å². The molecule has 3 heterocycles. The van der Waals surface area contributed by atoms with Crippen molar-refractivity contribution in [2.45, 2.75) is 39.7 Å². The molecule has 1 saturated heterocycles. The molecule has 1 aromatic carbocycles. The van der Waals surface area contributed by atoms with E-state index in [9.17, 15) is 21.6 Å². The number of alkyl halides is 2. The number of hydrogen-bond donors (Lipinski definition) is 1. The third-order valence-corrected chi connectivity index (χ3v) is 7.58. The van der Waals surface area contributed by atoms with Gasteiger partial charge in [0.05, 0.1) is 39.9 Å². The zero-order valence-corrected chi connectivity index (χ0v) is 20.2. The van der Waals surface area contributed by atoms with Gasteiger partial charge in [-0.3, -0.25) is 0 Å². The van der Waals surface area contributed by atoms with Crippen LogP contribution in [0.5, 0.6) is 0 Å². The summed E-state index contributed by atoms with van der Waals surface area (Å²) in [6.45, 7) is 6.57. The SMILES string of the molecule is Cc1nc(N[C@H](C)c2cccc(C(C)(F)F)c2F)c2cc(N3CCS(=O)(=O)CC3)c(C)nc2n1. The van der Waals surface area contributed by atoms with Gasteiger partial charge in [0.15, 0.2) is 15.5 Å². The summed E-state index contributed by atoms with van der Waals surface area (Å²) in [5, 5.41) is 3.71. The molecule has 11 heteroatoms. The fourth-order valence-corrected chi connectivity index (χ4v) is 5.33. The van der Waals surface area contributed by atoms with E-state index in [1.165, 1.54) is 12.1 Å². The van der Waals surface area contributed by atoms with Crippen molar-refractivity contribution in [2.24, 2.45) is 0 Å². The Labute approximate surface area is 196 Å². The van der Waals surface area contributed by atoms with Crippen LogP contribution in [0.3, 0.4) is 0 Å². The Hall–Kier alpha value is -2.95. The standard InChI is InChI=1S/C23H26F3N5O2S/c1-13(16-6-5-7-18(20(16)24)23(4,25)26)27-21-17-12-19(31-8-10-34(32,33)11-9-31)14(2)28-22(17)30-15(3)29-21/h5-7,12-13H,8-11H2,1-4H3,(H,27,28,29,30)/t13-/m1/s1. The van der Waals surface area contributed by atoms with Gasteiger partial charge in [-0.25, -0.2) is 36.5 Å². The van der Waals surface area contributed by atoms with E-state index in [4.69, 9.17) is 0 Å². The minimum Gasteiger partial charge on any atom is -0.368 e. The van der Waals surface area contributed by atoms with Gasteiger partial charge in [0, 0.05) is 25.6 Å². The average Bonchev–Trinajstić information content (AvgIpc) is 2.72. The van der Waals surface area contributed by atoms with E-state index in [1.54, 1.807) is 13.8 Å². The Morgan fingerprint density at radius 1 is 1.12 bits per heavy atom. The predicted octanol–water partition coefficient (Wildman–Crippen LogP) is 4.30. The summed E-state index contributed by atoms with van der Waals surface area (Å²) < 4.78 is 66.2. The molecule has 1 aliphatic heterocycles. The predicted molar refractivity (Wildman–Crippen MR) is 126 cm³/mol. The molecule has 0 unspecified atom stereocenters. The molecule has 0 saturated carbocycles. The van der Waals surface area contributed by atoms with Gasteiger partial charge < -0.3 is 10.2 Å². The summed E-state index contributed by atoms with van der Waals surface area (Å²) >= 11 is 0. The quantitative estimate of drug-likeness (QED) is 0.567. The number of fused-ring (bicyclic) bond motifs is 1. The maximum Gasteiger partial charge on any atom is 0.273 e. The molecule has 34 heavy (non-hydrogen) atoms. The van der Waals surface area contributed by atoms with Gasteiger partial charge in [0.1, 0.15) is 17.5 Å². The molecular weight excluding hydrogens is 467 g/mol. The van der Waals surface area contributed by atoms with Crippen LogP contribution >= 0.6 is 0 Å². The Balaban J connectivity index is 1.73. The molecule has 0 radical (unpaired) electrons. The van der Waals surface area contributed by atoms with Gasteiger partial charge in [0.25, 0.3) is 5.92 Å². The third kappa shape index (κ3) is 4.79. The first-order chi connectivity index (χ1) is 15.9. The van der Waals surface area contributed by atoms with Crippen molar-refractivity contribution < 1.29 is 21.6 Å². The van der Waals surface area contributed by atoms with Crippen molar-refractivity contribution in [1.29, 1.82) is 0 Å². The highest BCUT2D eigenvalue weighted by Crippen LogP contribution is 2.34. The van der Waals surface area contributed by atoms with Crippen molar-refractivity contribution in [2.75, 3.05) is 34.8 Å². The molecule has 2 aromatic heterocycles. The molecule has 182 valence electrons. The van der Waals surface area contributed by atoms with Crippen LogP contribution < -0.4 is 10.2 Å². The number of hydrogen-bond acceptors (Lipinski definition) is 7. The first kappa shape index (κ1) is 24.2. The van der Waals surface area contributed by atoms with Crippen LogP contribution in [0.2, 0.25) is 0 Å². The van der Waals surface area contributed by atoms with Crippen molar-refractivity contribution in [3.05, 3.63) is 52.7 Å². The molecule has 0 aliphatic carbocycles. The van der Waals surface area contributed by atoms with E-state index in [0.717, 1.165) is 11.8 Å². The number of benzene rings is 1. The lowest BCUT2D eigenvalue weighted by Crippen LogP contribution is -2.40. The van der Waals surface area contributed by atoms with Gasteiger partial charge in [-0.05, 0) is 26.8 Å². The second-order valence-corrected chi connectivity index (χ2v) is 11.0. The molecule has 1 fully saturated rings. The molecule has 1 atom stereocenters. The number of halogens is 3. The molecule has 4 rings (SSSR count). The minimum atomic E-state index is -3.31. The van der Waals surface area contributed by atoms with Crippen LogP contribution in [-0.2, 0) is 15.8 Å². The maximum absolute atomic E-state index is 14.9. The number of nitrogens with zero attached hydrogens (tertiary/aromatic N) is 4. The van der Waals surface area contributed by atoms with Crippen molar-refractivity contribution in [3.8, 4) is 0 Å². The zero-order valence-electron chi connectivity index (χ0n) is 19.4. The largest absolute Gasteiger partial charge is 0.368 e. The molecule has 0 spiro atoms. The number of aromatic nitrogens is 3. The highest BCUT2D eigenvalue weighted by atomic mass is 32.2. The second kappa shape index (κ2) is 8.68. The molecule has 0 bridgehead atoms. The summed E-state index contributed by atoms with van der Waals surface area (Å²) in [4.78, 5) is 15.4. The van der Waals surface area contributed by atoms with E-state index in [2.05, 4.69) is 20.3 Å². The number of rotatable bonds is 5. The molecule has 1 N–H and O–H groups in total. The topological polar surface area (TPSA) is 88.1 Å². The Morgan fingerprint density at radius 2 is 1.79 bits per heavy atom. The summed E-state index contributed by atoms with van der Waals surface area (Å²) in [6.07, 6.45) is 0. The normalized spacial score (nSPS) is 17.1. The number of anilines is 2. The fourth-order valence-electron chi connectivity index (χ4n) is 4.13. The van der Waals surface area contributed by atoms with Gasteiger partial charge in [-0.2, -0.15) is 0 Å². The van der Waals surface area contributed by atoms with Gasteiger partial charge in [-0.1, -0.05) is 18.2 Å². The monoisotopic (exact) mass is 493 g/mol. The molecule has 3 aromatic rings. The second-order valence-electron chi connectivity index (χ2n) is 8.69. The zero-order chi connectivity index (χ0) is 24.8. The van der Waals surface area contributed by atoms with Gasteiger partial charge >= 0.3 is 0 Å². The summed E-state index contributed by atoms with van der Waals surface area (Å²) in [6, 6.07) is 5.11. The highest BCUT2D eigenvalue weighted by molar-refractivity contribution is 7.91. The minimum absolute atomic E-state index is 0.0642. The Bertz CT molecular complexity index is 1340. The molecule has 0 amide bonds. The van der Waals surface area contributed by atoms with Crippen LogP contribution in [0.15, 0.2) is 24.3 Å². The smallest absolute Gasteiger partial charge is 0.273 e. The van der Waals surface area contributed by atoms with Gasteiger partial charge in [-0.15, -0.1) is 0 Å². The van der Waals surface area contributed by atoms with Crippen LogP contribution in [0, 0.1) is 19.7 Å². The first-order valence-corrected chi connectivity index (χ1v) is 12.7. The van der Waals surface area contributed by atoms with Crippen LogP contribution in [-0.4, -0.2) is 48.0 Å². The van der Waals surface area contributed by atoms with Gasteiger partial charge in [0.2, 0.25) is 0 Å². The highest BCUT2D eigenvalue weighted by Gasteiger charge is 2.30. The van der Waals surface area contributed by atoms with Crippen molar-refractivity contribution in [1.82, 2.24) is 15.0 Å². The number of nitrogens with one attached hydrogen (secondary N) is 1. The summed E-state index contributed by atoms with van der Waals surface area (Å²) in [5.74, 6) is -3.31. The lowest BCUT2D eigenvalue weighted by atomic mass is 10.0. The fraction of sp³-hybridized carbons (Fsp3) is 0.435. The first-order valence-electron chi connectivity index (χ1n) is 10.9. The van der Waals surface area contributed by atoms with Crippen molar-refractivity contribution >= 4 is 32.4 Å². The van der Waals surface area contributed by atoms with E-state index in [-0.39, 0.29) is 17.1 Å². The lowest BCUT2D eigenvalue weighted by Gasteiger charge is -2.30. The Kier molecular flexibility index (Phi) is 6.17. The van der Waals surface area contributed by atoms with E-state index in [1.807, 2.05) is 17.9 Å². The van der Waals surface area contributed by atoms with Crippen LogP contribution in [0.25, 0.3) is 11.0 Å². The summed E-state index contributed by atoms with van der Waals surface area (Å²) in [7, 11) is -3.05. The van der Waals surface area contributed by atoms with E-state index < -0.39 is 33.2 Å². The number of sulfone groups is 1. The molecular formula is C23H26F3N5O2S. The van der Waals surface area contributed by atoms with Crippen LogP contribution in [0.1, 0.15) is 42.5 Å². The third-order valence-electron chi connectivity index (χ3n) is 5.97.